The van der Waals surface area contributed by atoms with Gasteiger partial charge in [0.05, 0.1) is 0 Å². The number of hydrogen-bond acceptors (Lipinski definition) is 6. The van der Waals surface area contributed by atoms with Crippen molar-refractivity contribution in [3.8, 4) is 11.4 Å². The first-order chi connectivity index (χ1) is 13.1. The van der Waals surface area contributed by atoms with Crippen LogP contribution in [0.25, 0.3) is 11.4 Å². The van der Waals surface area contributed by atoms with Crippen molar-refractivity contribution < 1.29 is 14.1 Å². The van der Waals surface area contributed by atoms with Gasteiger partial charge >= 0.3 is 0 Å². The summed E-state index contributed by atoms with van der Waals surface area (Å²) in [6.07, 6.45) is 4.06. The van der Waals surface area contributed by atoms with Crippen molar-refractivity contribution in [2.75, 3.05) is 0 Å². The zero-order valence-corrected chi connectivity index (χ0v) is 14.6. The molecule has 1 atom stereocenters. The summed E-state index contributed by atoms with van der Waals surface area (Å²) < 4.78 is 5.38. The highest BCUT2D eigenvalue weighted by Gasteiger charge is 2.36. The highest BCUT2D eigenvalue weighted by molar-refractivity contribution is 6.14. The lowest BCUT2D eigenvalue weighted by Crippen LogP contribution is -2.41. The van der Waals surface area contributed by atoms with E-state index >= 15 is 0 Å². The molecule has 27 heavy (non-hydrogen) atoms. The highest BCUT2D eigenvalue weighted by Crippen LogP contribution is 2.39. The van der Waals surface area contributed by atoms with Gasteiger partial charge in [0.1, 0.15) is 6.04 Å². The van der Waals surface area contributed by atoms with Crippen LogP contribution in [0.15, 0.2) is 47.1 Å². The van der Waals surface area contributed by atoms with Crippen molar-refractivity contribution in [3.63, 3.8) is 0 Å². The third kappa shape index (κ3) is 2.63. The number of hydrogen-bond donors (Lipinski definition) is 0. The Bertz CT molecular complexity index is 1040. The summed E-state index contributed by atoms with van der Waals surface area (Å²) in [5.74, 6) is 0.451. The van der Waals surface area contributed by atoms with Crippen LogP contribution in [0.1, 0.15) is 64.0 Å². The van der Waals surface area contributed by atoms with E-state index in [-0.39, 0.29) is 17.7 Å². The minimum absolute atomic E-state index is 0.224. The smallest absolute Gasteiger partial charge is 0.261 e. The Morgan fingerprint density at radius 3 is 2.52 bits per heavy atom. The molecule has 7 heteroatoms. The number of imide groups is 1. The number of carbonyl (C=O) groups is 2. The summed E-state index contributed by atoms with van der Waals surface area (Å²) in [4.78, 5) is 35.2. The van der Waals surface area contributed by atoms with Crippen LogP contribution in [0.4, 0.5) is 0 Å². The Balaban J connectivity index is 1.45. The van der Waals surface area contributed by atoms with E-state index in [1.54, 1.807) is 37.4 Å². The molecule has 0 N–H and O–H groups in total. The Hall–Kier alpha value is -3.35. The summed E-state index contributed by atoms with van der Waals surface area (Å²) in [5.41, 5.74) is 2.80. The summed E-state index contributed by atoms with van der Waals surface area (Å²) >= 11 is 0. The largest absolute Gasteiger partial charge is 0.337 e. The fourth-order valence-electron chi connectivity index (χ4n) is 3.33. The molecule has 0 unspecified atom stereocenters. The third-order valence-corrected chi connectivity index (χ3v) is 5.02. The Labute approximate surface area is 155 Å². The average molecular weight is 360 g/mol. The normalized spacial score (nSPS) is 17.3. The number of rotatable bonds is 4. The molecular weight excluding hydrogens is 344 g/mol. The van der Waals surface area contributed by atoms with Crippen molar-refractivity contribution in [2.45, 2.75) is 31.7 Å². The second-order valence-electron chi connectivity index (χ2n) is 6.94. The van der Waals surface area contributed by atoms with Gasteiger partial charge in [0.25, 0.3) is 11.8 Å². The maximum atomic E-state index is 12.6. The molecule has 1 aliphatic heterocycles. The van der Waals surface area contributed by atoms with Crippen molar-refractivity contribution in [1.82, 2.24) is 20.0 Å². The molecule has 1 aromatic carbocycles. The lowest BCUT2D eigenvalue weighted by atomic mass is 10.0. The monoisotopic (exact) mass is 360 g/mol. The first-order valence-electron chi connectivity index (χ1n) is 8.89. The van der Waals surface area contributed by atoms with E-state index in [2.05, 4.69) is 15.1 Å². The molecule has 3 aromatic rings. The van der Waals surface area contributed by atoms with E-state index in [1.807, 2.05) is 12.1 Å². The number of amides is 2. The third-order valence-electron chi connectivity index (χ3n) is 5.02. The van der Waals surface area contributed by atoms with Crippen LogP contribution in [0.5, 0.6) is 0 Å². The molecule has 0 spiro atoms. The minimum atomic E-state index is -0.658. The van der Waals surface area contributed by atoms with Gasteiger partial charge in [-0.25, -0.2) is 0 Å². The lowest BCUT2D eigenvalue weighted by Gasteiger charge is -2.28. The SMILES string of the molecule is C[C@@H](c1nc(-c2ccnc(C3CC3)c2)no1)N1C(=O)c2cccc(c2)C1=O. The van der Waals surface area contributed by atoms with Crippen molar-refractivity contribution in [3.05, 3.63) is 65.3 Å². The van der Waals surface area contributed by atoms with E-state index in [1.165, 1.54) is 4.90 Å². The van der Waals surface area contributed by atoms with Crippen molar-refractivity contribution >= 4 is 11.8 Å². The van der Waals surface area contributed by atoms with Gasteiger partial charge in [-0.1, -0.05) is 11.2 Å². The van der Waals surface area contributed by atoms with E-state index in [9.17, 15) is 9.59 Å². The number of carbonyl (C=O) groups excluding carboxylic acids is 2. The summed E-state index contributed by atoms with van der Waals surface area (Å²) in [6, 6.07) is 9.82. The van der Waals surface area contributed by atoms with Crippen LogP contribution >= 0.6 is 0 Å². The summed E-state index contributed by atoms with van der Waals surface area (Å²) in [5, 5.41) is 4.04. The zero-order chi connectivity index (χ0) is 18.5. The van der Waals surface area contributed by atoms with E-state index in [0.717, 1.165) is 24.1 Å². The number of benzene rings is 1. The first kappa shape index (κ1) is 15.9. The zero-order valence-electron chi connectivity index (χ0n) is 14.6. The Morgan fingerprint density at radius 1 is 1.07 bits per heavy atom. The molecule has 2 aromatic heterocycles. The van der Waals surface area contributed by atoms with E-state index in [0.29, 0.717) is 22.9 Å². The van der Waals surface area contributed by atoms with Crippen LogP contribution in [-0.2, 0) is 0 Å². The van der Waals surface area contributed by atoms with Gasteiger partial charge < -0.3 is 4.52 Å². The fourth-order valence-corrected chi connectivity index (χ4v) is 3.33. The molecule has 2 amide bonds. The highest BCUT2D eigenvalue weighted by atomic mass is 16.5. The van der Waals surface area contributed by atoms with Crippen molar-refractivity contribution in [1.29, 1.82) is 0 Å². The van der Waals surface area contributed by atoms with Gasteiger partial charge in [-0.15, -0.1) is 0 Å². The molecule has 1 aliphatic carbocycles. The quantitative estimate of drug-likeness (QED) is 0.663. The lowest BCUT2D eigenvalue weighted by molar-refractivity contribution is 0.0517. The molecule has 0 saturated heterocycles. The molecule has 134 valence electrons. The molecule has 1 fully saturated rings. The molecule has 0 radical (unpaired) electrons. The fraction of sp³-hybridized carbons (Fsp3) is 0.250. The van der Waals surface area contributed by atoms with Gasteiger partial charge in [-0.05, 0) is 50.1 Å². The van der Waals surface area contributed by atoms with Crippen LogP contribution in [-0.4, -0.2) is 31.8 Å². The molecule has 2 bridgehead atoms. The van der Waals surface area contributed by atoms with Crippen LogP contribution in [0.2, 0.25) is 0 Å². The molecule has 7 nitrogen and oxygen atoms in total. The van der Waals surface area contributed by atoms with Gasteiger partial charge in [0, 0.05) is 34.5 Å². The molecular formula is C20H16N4O3. The molecule has 3 heterocycles. The predicted molar refractivity (Wildman–Crippen MR) is 94.9 cm³/mol. The molecule has 1 saturated carbocycles. The topological polar surface area (TPSA) is 89.2 Å². The standard InChI is InChI=1S/C20H16N4O3/c1-11(24-19(25)14-3-2-4-15(9-14)20(24)26)18-22-17(23-27-18)13-7-8-21-16(10-13)12-5-6-12/h2-4,7-12H,5-6H2,1H3/t11-/m0/s1. The van der Waals surface area contributed by atoms with Gasteiger partial charge in [-0.3, -0.25) is 19.5 Å². The van der Waals surface area contributed by atoms with Crippen LogP contribution in [0.3, 0.4) is 0 Å². The Kier molecular flexibility index (Phi) is 3.43. The minimum Gasteiger partial charge on any atom is -0.337 e. The van der Waals surface area contributed by atoms with Crippen LogP contribution in [0, 0.1) is 0 Å². The van der Waals surface area contributed by atoms with Gasteiger partial charge in [-0.2, -0.15) is 4.98 Å². The first-order valence-corrected chi connectivity index (χ1v) is 8.89. The summed E-state index contributed by atoms with van der Waals surface area (Å²) in [7, 11) is 0. The number of pyridine rings is 1. The van der Waals surface area contributed by atoms with Gasteiger partial charge in [0.15, 0.2) is 0 Å². The van der Waals surface area contributed by atoms with Gasteiger partial charge in [0.2, 0.25) is 11.7 Å². The predicted octanol–water partition coefficient (Wildman–Crippen LogP) is 3.37. The average Bonchev–Trinajstić information content (AvgIpc) is 3.43. The number of aromatic nitrogens is 3. The number of fused-ring (bicyclic) bond motifs is 2. The second kappa shape index (κ2) is 5.84. The molecule has 2 aliphatic rings. The van der Waals surface area contributed by atoms with E-state index < -0.39 is 6.04 Å². The van der Waals surface area contributed by atoms with Crippen LogP contribution < -0.4 is 0 Å². The van der Waals surface area contributed by atoms with E-state index in [4.69, 9.17) is 4.52 Å². The number of nitrogens with zero attached hydrogens (tertiary/aromatic N) is 4. The summed E-state index contributed by atoms with van der Waals surface area (Å²) in [6.45, 7) is 1.71. The Morgan fingerprint density at radius 2 is 1.81 bits per heavy atom. The second-order valence-corrected chi connectivity index (χ2v) is 6.94. The maximum Gasteiger partial charge on any atom is 0.261 e. The molecule has 5 rings (SSSR count). The van der Waals surface area contributed by atoms with Crippen molar-refractivity contribution in [2.24, 2.45) is 0 Å². The maximum absolute atomic E-state index is 12.6.